The van der Waals surface area contributed by atoms with Crippen LogP contribution in [0, 0.1) is 17.0 Å². The van der Waals surface area contributed by atoms with Crippen LogP contribution < -0.4 is 5.32 Å². The Morgan fingerprint density at radius 2 is 2.32 bits per heavy atom. The highest BCUT2D eigenvalue weighted by molar-refractivity contribution is 7.12. The highest BCUT2D eigenvalue weighted by Gasteiger charge is 2.18. The van der Waals surface area contributed by atoms with Crippen molar-refractivity contribution in [2.45, 2.75) is 13.5 Å². The fourth-order valence-electron chi connectivity index (χ4n) is 1.70. The summed E-state index contributed by atoms with van der Waals surface area (Å²) >= 11 is 1.19. The Bertz CT molecular complexity index is 694. The third-order valence-corrected chi connectivity index (χ3v) is 3.57. The van der Waals surface area contributed by atoms with E-state index in [1.54, 1.807) is 24.4 Å². The first-order chi connectivity index (χ1) is 10.5. The summed E-state index contributed by atoms with van der Waals surface area (Å²) in [4.78, 5) is 37.3. The SMILES string of the molecule is Cc1cnc([N+](=O)[O-])n1CCOC(=O)NC(=O)c1cccs1. The van der Waals surface area contributed by atoms with Crippen molar-refractivity contribution in [1.29, 1.82) is 0 Å². The van der Waals surface area contributed by atoms with Crippen LogP contribution in [0.25, 0.3) is 0 Å². The van der Waals surface area contributed by atoms with Gasteiger partial charge in [-0.3, -0.25) is 10.1 Å². The normalized spacial score (nSPS) is 10.2. The second-order valence-corrected chi connectivity index (χ2v) is 5.12. The first kappa shape index (κ1) is 15.6. The summed E-state index contributed by atoms with van der Waals surface area (Å²) in [5.74, 6) is -0.874. The number of hydrogen-bond donors (Lipinski definition) is 1. The highest BCUT2D eigenvalue weighted by atomic mass is 32.1. The van der Waals surface area contributed by atoms with Gasteiger partial charge in [0, 0.05) is 0 Å². The zero-order chi connectivity index (χ0) is 16.1. The Hall–Kier alpha value is -2.75. The smallest absolute Gasteiger partial charge is 0.434 e. The van der Waals surface area contributed by atoms with Gasteiger partial charge in [-0.15, -0.1) is 11.3 Å². The molecule has 0 fully saturated rings. The van der Waals surface area contributed by atoms with E-state index in [-0.39, 0.29) is 19.1 Å². The van der Waals surface area contributed by atoms with Gasteiger partial charge in [-0.25, -0.2) is 9.36 Å². The number of thiophene rings is 1. The molecule has 2 heterocycles. The monoisotopic (exact) mass is 324 g/mol. The van der Waals surface area contributed by atoms with Gasteiger partial charge in [0.15, 0.2) is 0 Å². The predicted molar refractivity (Wildman–Crippen MR) is 76.8 cm³/mol. The van der Waals surface area contributed by atoms with Crippen LogP contribution in [0.1, 0.15) is 15.4 Å². The number of carbonyl (C=O) groups excluding carboxylic acids is 2. The van der Waals surface area contributed by atoms with Gasteiger partial charge in [-0.05, 0) is 23.3 Å². The molecule has 0 aliphatic carbocycles. The average Bonchev–Trinajstić information content (AvgIpc) is 3.09. The van der Waals surface area contributed by atoms with Gasteiger partial charge in [0.1, 0.15) is 25.0 Å². The van der Waals surface area contributed by atoms with Crippen molar-refractivity contribution in [3.8, 4) is 0 Å². The molecule has 0 aliphatic rings. The lowest BCUT2D eigenvalue weighted by Gasteiger charge is -2.06. The minimum absolute atomic E-state index is 0.0722. The van der Waals surface area contributed by atoms with E-state index in [1.807, 2.05) is 0 Å². The maximum Gasteiger partial charge on any atom is 0.434 e. The topological polar surface area (TPSA) is 116 Å². The number of aromatic nitrogens is 2. The molecule has 22 heavy (non-hydrogen) atoms. The zero-order valence-electron chi connectivity index (χ0n) is 11.5. The van der Waals surface area contributed by atoms with Gasteiger partial charge in [0.05, 0.1) is 4.88 Å². The van der Waals surface area contributed by atoms with E-state index < -0.39 is 16.9 Å². The van der Waals surface area contributed by atoms with E-state index in [1.165, 1.54) is 22.1 Å². The van der Waals surface area contributed by atoms with Crippen molar-refractivity contribution in [2.24, 2.45) is 0 Å². The molecule has 2 aromatic heterocycles. The molecule has 0 radical (unpaired) electrons. The molecule has 2 amide bonds. The second kappa shape index (κ2) is 6.80. The van der Waals surface area contributed by atoms with E-state index in [0.29, 0.717) is 10.6 Å². The Morgan fingerprint density at radius 3 is 2.95 bits per heavy atom. The van der Waals surface area contributed by atoms with Gasteiger partial charge >= 0.3 is 12.0 Å². The van der Waals surface area contributed by atoms with Crippen molar-refractivity contribution in [3.05, 3.63) is 44.4 Å². The predicted octanol–water partition coefficient (Wildman–Crippen LogP) is 1.73. The molecule has 2 aromatic rings. The molecule has 0 aromatic carbocycles. The molecule has 1 N–H and O–H groups in total. The summed E-state index contributed by atoms with van der Waals surface area (Å²) in [6, 6.07) is 3.26. The molecule has 0 atom stereocenters. The van der Waals surface area contributed by atoms with Gasteiger partial charge in [-0.1, -0.05) is 11.1 Å². The molecular weight excluding hydrogens is 312 g/mol. The van der Waals surface area contributed by atoms with Gasteiger partial charge in [-0.2, -0.15) is 0 Å². The Kier molecular flexibility index (Phi) is 4.84. The van der Waals surface area contributed by atoms with Crippen molar-refractivity contribution in [1.82, 2.24) is 14.9 Å². The molecular formula is C12H12N4O5S. The fourth-order valence-corrected chi connectivity index (χ4v) is 2.32. The van der Waals surface area contributed by atoms with Crippen LogP contribution in [0.4, 0.5) is 10.7 Å². The van der Waals surface area contributed by atoms with E-state index in [9.17, 15) is 19.7 Å². The second-order valence-electron chi connectivity index (χ2n) is 4.18. The molecule has 0 aliphatic heterocycles. The van der Waals surface area contributed by atoms with Crippen LogP contribution in [0.2, 0.25) is 0 Å². The van der Waals surface area contributed by atoms with Crippen LogP contribution in [-0.2, 0) is 11.3 Å². The molecule has 10 heteroatoms. The van der Waals surface area contributed by atoms with Crippen molar-refractivity contribution >= 4 is 29.3 Å². The summed E-state index contributed by atoms with van der Waals surface area (Å²) in [5.41, 5.74) is 0.574. The standard InChI is InChI=1S/C12H12N4O5S/c1-8-7-13-11(16(19)20)15(8)4-5-21-12(18)14-10(17)9-3-2-6-22-9/h2-3,6-7H,4-5H2,1H3,(H,14,17,18). The highest BCUT2D eigenvalue weighted by Crippen LogP contribution is 2.12. The number of aryl methyl sites for hydroxylation is 1. The minimum Gasteiger partial charge on any atom is -0.446 e. The zero-order valence-corrected chi connectivity index (χ0v) is 12.3. The summed E-state index contributed by atoms with van der Waals surface area (Å²) < 4.78 is 6.15. The molecule has 0 unspecified atom stereocenters. The third kappa shape index (κ3) is 3.67. The van der Waals surface area contributed by atoms with Crippen LogP contribution in [-0.4, -0.2) is 33.1 Å². The van der Waals surface area contributed by atoms with Crippen molar-refractivity contribution in [2.75, 3.05) is 6.61 Å². The van der Waals surface area contributed by atoms with E-state index >= 15 is 0 Å². The van der Waals surface area contributed by atoms with Crippen molar-refractivity contribution < 1.29 is 19.2 Å². The molecule has 116 valence electrons. The summed E-state index contributed by atoms with van der Waals surface area (Å²) in [5, 5.41) is 14.5. The number of rotatable bonds is 5. The number of amides is 2. The first-order valence-corrected chi connectivity index (χ1v) is 7.05. The lowest BCUT2D eigenvalue weighted by molar-refractivity contribution is -0.396. The van der Waals surface area contributed by atoms with Gasteiger partial charge in [0.25, 0.3) is 5.91 Å². The number of imidazole rings is 1. The summed E-state index contributed by atoms with van der Waals surface area (Å²) in [6.07, 6.45) is 0.456. The van der Waals surface area contributed by atoms with Crippen LogP contribution in [0.3, 0.4) is 0 Å². The van der Waals surface area contributed by atoms with Crippen molar-refractivity contribution in [3.63, 3.8) is 0 Å². The quantitative estimate of drug-likeness (QED) is 0.661. The molecule has 2 rings (SSSR count). The van der Waals surface area contributed by atoms with E-state index in [4.69, 9.17) is 4.74 Å². The number of ether oxygens (including phenoxy) is 1. The Morgan fingerprint density at radius 1 is 1.55 bits per heavy atom. The molecule has 0 saturated heterocycles. The number of carbonyl (C=O) groups is 2. The lowest BCUT2D eigenvalue weighted by Crippen LogP contribution is -2.31. The number of nitrogens with one attached hydrogen (secondary N) is 1. The maximum absolute atomic E-state index is 11.6. The number of nitrogens with zero attached hydrogens (tertiary/aromatic N) is 3. The van der Waals surface area contributed by atoms with E-state index in [2.05, 4.69) is 10.3 Å². The lowest BCUT2D eigenvalue weighted by atomic mass is 10.4. The molecule has 0 spiro atoms. The fraction of sp³-hybridized carbons (Fsp3) is 0.250. The third-order valence-electron chi connectivity index (χ3n) is 2.71. The Labute approximate surface area is 128 Å². The van der Waals surface area contributed by atoms with Crippen LogP contribution in [0.15, 0.2) is 23.7 Å². The van der Waals surface area contributed by atoms with Gasteiger partial charge < -0.3 is 14.9 Å². The Balaban J connectivity index is 1.84. The van der Waals surface area contributed by atoms with E-state index in [0.717, 1.165) is 0 Å². The number of alkyl carbamates (subject to hydrolysis) is 1. The molecule has 0 bridgehead atoms. The molecule has 9 nitrogen and oxygen atoms in total. The summed E-state index contributed by atoms with van der Waals surface area (Å²) in [6.45, 7) is 1.60. The van der Waals surface area contributed by atoms with Crippen LogP contribution in [0.5, 0.6) is 0 Å². The minimum atomic E-state index is -0.904. The number of hydrogen-bond acceptors (Lipinski definition) is 7. The number of nitro groups is 1. The first-order valence-electron chi connectivity index (χ1n) is 6.17. The number of imide groups is 1. The molecule has 0 saturated carbocycles. The van der Waals surface area contributed by atoms with Crippen LogP contribution >= 0.6 is 11.3 Å². The average molecular weight is 324 g/mol. The van der Waals surface area contributed by atoms with Gasteiger partial charge in [0.2, 0.25) is 0 Å². The maximum atomic E-state index is 11.6. The summed E-state index contributed by atoms with van der Waals surface area (Å²) in [7, 11) is 0. The largest absolute Gasteiger partial charge is 0.446 e.